The number of hydrogen-bond acceptors (Lipinski definition) is 6. The molecule has 0 radical (unpaired) electrons. The summed E-state index contributed by atoms with van der Waals surface area (Å²) in [4.78, 5) is 21.5. The zero-order chi connectivity index (χ0) is 11.7. The minimum atomic E-state index is -0.931. The minimum Gasteiger partial charge on any atom is -0.394 e. The van der Waals surface area contributed by atoms with Crippen LogP contribution >= 0.6 is 0 Å². The first-order chi connectivity index (χ1) is 7.61. The molecule has 2 heterocycles. The third-order valence-corrected chi connectivity index (χ3v) is 2.11. The summed E-state index contributed by atoms with van der Waals surface area (Å²) in [6, 6.07) is 0. The number of nitrogens with two attached hydrogens (primary N) is 1. The summed E-state index contributed by atoms with van der Waals surface area (Å²) >= 11 is 0. The molecule has 86 valence electrons. The first-order valence-corrected chi connectivity index (χ1v) is 4.61. The van der Waals surface area contributed by atoms with E-state index in [1.54, 1.807) is 0 Å². The fraction of sp³-hybridized carbons (Fsp3) is 0.375. The molecule has 2 rings (SSSR count). The van der Waals surface area contributed by atoms with Crippen molar-refractivity contribution in [2.24, 2.45) is 0 Å². The van der Waals surface area contributed by atoms with Crippen LogP contribution in [0, 0.1) is 0 Å². The monoisotopic (exact) mass is 225 g/mol. The average molecular weight is 225 g/mol. The number of aromatic amines is 1. The molecule has 2 aromatic rings. The second-order valence-electron chi connectivity index (χ2n) is 3.36. The third-order valence-electron chi connectivity index (χ3n) is 2.11. The van der Waals surface area contributed by atoms with Crippen molar-refractivity contribution >= 4 is 17.1 Å². The van der Waals surface area contributed by atoms with E-state index in [9.17, 15) is 9.90 Å². The van der Waals surface area contributed by atoms with Crippen molar-refractivity contribution in [3.05, 3.63) is 16.7 Å². The number of imidazole rings is 1. The van der Waals surface area contributed by atoms with Crippen LogP contribution in [0.25, 0.3) is 11.2 Å². The first-order valence-electron chi connectivity index (χ1n) is 4.61. The van der Waals surface area contributed by atoms with Crippen LogP contribution in [0.2, 0.25) is 0 Å². The number of aromatic nitrogens is 4. The number of hydrogen-bond donors (Lipinski definition) is 4. The van der Waals surface area contributed by atoms with Gasteiger partial charge in [0.05, 0.1) is 25.6 Å². The molecular weight excluding hydrogens is 214 g/mol. The van der Waals surface area contributed by atoms with Gasteiger partial charge < -0.3 is 20.5 Å². The number of H-pyrrole nitrogens is 1. The summed E-state index contributed by atoms with van der Waals surface area (Å²) in [5, 5.41) is 18.0. The van der Waals surface area contributed by atoms with Crippen LogP contribution in [-0.4, -0.2) is 42.4 Å². The maximum Gasteiger partial charge on any atom is 0.280 e. The number of anilines is 1. The Morgan fingerprint density at radius 3 is 3.06 bits per heavy atom. The van der Waals surface area contributed by atoms with Gasteiger partial charge in [-0.1, -0.05) is 0 Å². The van der Waals surface area contributed by atoms with E-state index >= 15 is 0 Å². The lowest BCUT2D eigenvalue weighted by molar-refractivity contribution is 0.0820. The molecule has 0 amide bonds. The molecule has 0 spiro atoms. The number of fused-ring (bicyclic) bond motifs is 1. The van der Waals surface area contributed by atoms with Gasteiger partial charge in [-0.2, -0.15) is 4.98 Å². The standard InChI is InChI=1S/C8H11N5O3/c9-8-11-6-5(7(16)12-8)10-3-13(6)1-4(15)2-14/h3-4,14-15H,1-2H2,(H3,9,11,12,16)/t4-/m1/s1. The van der Waals surface area contributed by atoms with Gasteiger partial charge in [-0.15, -0.1) is 0 Å². The van der Waals surface area contributed by atoms with Gasteiger partial charge in [-0.05, 0) is 0 Å². The zero-order valence-corrected chi connectivity index (χ0v) is 8.29. The first kappa shape index (κ1) is 10.6. The largest absolute Gasteiger partial charge is 0.394 e. The normalized spacial score (nSPS) is 13.1. The Hall–Kier alpha value is -1.93. The van der Waals surface area contributed by atoms with E-state index in [0.29, 0.717) is 0 Å². The summed E-state index contributed by atoms with van der Waals surface area (Å²) < 4.78 is 1.46. The van der Waals surface area contributed by atoms with Gasteiger partial charge in [-0.3, -0.25) is 9.78 Å². The van der Waals surface area contributed by atoms with Crippen LogP contribution in [0.1, 0.15) is 0 Å². The molecule has 0 aromatic carbocycles. The number of nitrogens with zero attached hydrogens (tertiary/aromatic N) is 3. The summed E-state index contributed by atoms with van der Waals surface area (Å²) in [6.07, 6.45) is 0.435. The highest BCUT2D eigenvalue weighted by molar-refractivity contribution is 5.70. The second-order valence-corrected chi connectivity index (χ2v) is 3.36. The SMILES string of the molecule is Nc1nc2c(ncn2C[C@@H](O)CO)c(=O)[nH]1. The molecule has 0 aliphatic heterocycles. The average Bonchev–Trinajstić information content (AvgIpc) is 2.61. The topological polar surface area (TPSA) is 130 Å². The van der Waals surface area contributed by atoms with Crippen LogP contribution in [0.15, 0.2) is 11.1 Å². The predicted molar refractivity (Wildman–Crippen MR) is 55.7 cm³/mol. The Bertz CT molecular complexity index is 560. The van der Waals surface area contributed by atoms with E-state index in [-0.39, 0.29) is 30.3 Å². The van der Waals surface area contributed by atoms with Crippen LogP contribution in [0.3, 0.4) is 0 Å². The molecule has 0 bridgehead atoms. The number of rotatable bonds is 3. The molecule has 0 unspecified atom stereocenters. The second kappa shape index (κ2) is 3.91. The lowest BCUT2D eigenvalue weighted by Crippen LogP contribution is -2.20. The minimum absolute atomic E-state index is 0.0160. The van der Waals surface area contributed by atoms with E-state index < -0.39 is 11.7 Å². The number of nitrogens with one attached hydrogen (secondary N) is 1. The predicted octanol–water partition coefficient (Wildman–Crippen LogP) is -1.94. The van der Waals surface area contributed by atoms with Gasteiger partial charge in [0.1, 0.15) is 0 Å². The lowest BCUT2D eigenvalue weighted by atomic mass is 10.4. The summed E-state index contributed by atoms with van der Waals surface area (Å²) in [6.45, 7) is -0.277. The van der Waals surface area contributed by atoms with Crippen LogP contribution < -0.4 is 11.3 Å². The van der Waals surface area contributed by atoms with Crippen molar-refractivity contribution in [3.63, 3.8) is 0 Å². The van der Waals surface area contributed by atoms with E-state index in [1.165, 1.54) is 10.9 Å². The Labute approximate surface area is 89.4 Å². The number of aliphatic hydroxyl groups is 2. The molecule has 1 atom stereocenters. The third kappa shape index (κ3) is 1.75. The molecular formula is C8H11N5O3. The highest BCUT2D eigenvalue weighted by atomic mass is 16.3. The van der Waals surface area contributed by atoms with Gasteiger partial charge >= 0.3 is 0 Å². The molecule has 0 fully saturated rings. The molecule has 0 saturated heterocycles. The van der Waals surface area contributed by atoms with Crippen LogP contribution in [0.5, 0.6) is 0 Å². The van der Waals surface area contributed by atoms with E-state index in [0.717, 1.165) is 0 Å². The smallest absolute Gasteiger partial charge is 0.280 e. The summed E-state index contributed by atoms with van der Waals surface area (Å²) in [7, 11) is 0. The Kier molecular flexibility index (Phi) is 2.59. The summed E-state index contributed by atoms with van der Waals surface area (Å²) in [5.74, 6) is -0.0160. The van der Waals surface area contributed by atoms with E-state index in [4.69, 9.17) is 10.8 Å². The van der Waals surface area contributed by atoms with Crippen molar-refractivity contribution in [1.82, 2.24) is 19.5 Å². The maximum absolute atomic E-state index is 11.4. The molecule has 5 N–H and O–H groups in total. The molecule has 0 saturated carbocycles. The zero-order valence-electron chi connectivity index (χ0n) is 8.29. The molecule has 2 aromatic heterocycles. The molecule has 8 nitrogen and oxygen atoms in total. The molecule has 0 aliphatic rings. The van der Waals surface area contributed by atoms with Gasteiger partial charge in [0.25, 0.3) is 5.56 Å². The van der Waals surface area contributed by atoms with Gasteiger partial charge in [0.2, 0.25) is 5.95 Å². The number of nitrogen functional groups attached to an aromatic ring is 1. The fourth-order valence-corrected chi connectivity index (χ4v) is 1.39. The Balaban J connectivity index is 2.51. The van der Waals surface area contributed by atoms with Crippen molar-refractivity contribution in [1.29, 1.82) is 0 Å². The van der Waals surface area contributed by atoms with E-state index in [2.05, 4.69) is 15.0 Å². The molecule has 8 heteroatoms. The maximum atomic E-state index is 11.4. The molecule has 16 heavy (non-hydrogen) atoms. The highest BCUT2D eigenvalue weighted by Gasteiger charge is 2.11. The van der Waals surface area contributed by atoms with Gasteiger partial charge in [0.15, 0.2) is 11.2 Å². The Morgan fingerprint density at radius 2 is 2.38 bits per heavy atom. The van der Waals surface area contributed by atoms with Gasteiger partial charge in [-0.25, -0.2) is 4.98 Å². The Morgan fingerprint density at radius 1 is 1.62 bits per heavy atom. The van der Waals surface area contributed by atoms with E-state index in [1.807, 2.05) is 0 Å². The van der Waals surface area contributed by atoms with Crippen LogP contribution in [-0.2, 0) is 6.54 Å². The van der Waals surface area contributed by atoms with Crippen molar-refractivity contribution in [3.8, 4) is 0 Å². The van der Waals surface area contributed by atoms with Gasteiger partial charge in [0, 0.05) is 0 Å². The lowest BCUT2D eigenvalue weighted by Gasteiger charge is -2.07. The van der Waals surface area contributed by atoms with Crippen molar-refractivity contribution in [2.45, 2.75) is 12.6 Å². The fourth-order valence-electron chi connectivity index (χ4n) is 1.39. The highest BCUT2D eigenvalue weighted by Crippen LogP contribution is 2.06. The number of aliphatic hydroxyl groups excluding tert-OH is 2. The van der Waals surface area contributed by atoms with Crippen molar-refractivity contribution < 1.29 is 10.2 Å². The quantitative estimate of drug-likeness (QED) is 0.480. The van der Waals surface area contributed by atoms with Crippen LogP contribution in [0.4, 0.5) is 5.95 Å². The summed E-state index contributed by atoms with van der Waals surface area (Å²) in [5.41, 5.74) is 5.40. The molecule has 0 aliphatic carbocycles. The van der Waals surface area contributed by atoms with Crippen molar-refractivity contribution in [2.75, 3.05) is 12.3 Å².